The van der Waals surface area contributed by atoms with Crippen LogP contribution < -0.4 is 4.72 Å². The van der Waals surface area contributed by atoms with Crippen LogP contribution in [0.4, 0.5) is 0 Å². The molecule has 1 saturated carbocycles. The summed E-state index contributed by atoms with van der Waals surface area (Å²) in [5, 5.41) is -0.0339. The van der Waals surface area contributed by atoms with Crippen LogP contribution in [0.2, 0.25) is 0 Å². The molecule has 0 aliphatic heterocycles. The minimum atomic E-state index is -3.50. The Bertz CT molecular complexity index is 432. The van der Waals surface area contributed by atoms with Gasteiger partial charge in [0, 0.05) is 11.4 Å². The average molecular weight is 264 g/mol. The highest BCUT2D eigenvalue weighted by Gasteiger charge is 2.28. The van der Waals surface area contributed by atoms with E-state index >= 15 is 0 Å². The standard InChI is InChI=1S/C9H14ClN3O2S/c10-7-3-1-2-4-8(7)13-16(14,15)9-5-11-6-12-9/h5-8,13H,1-4H2,(H,11,12). The lowest BCUT2D eigenvalue weighted by Gasteiger charge is -2.27. The monoisotopic (exact) mass is 263 g/mol. The summed E-state index contributed by atoms with van der Waals surface area (Å²) in [4.78, 5) is 6.27. The zero-order valence-electron chi connectivity index (χ0n) is 8.69. The van der Waals surface area contributed by atoms with Crippen molar-refractivity contribution in [2.24, 2.45) is 0 Å². The number of rotatable bonds is 3. The minimum Gasteiger partial charge on any atom is -0.335 e. The Morgan fingerprint density at radius 2 is 2.19 bits per heavy atom. The Morgan fingerprint density at radius 3 is 2.81 bits per heavy atom. The van der Waals surface area contributed by atoms with Crippen molar-refractivity contribution in [1.29, 1.82) is 0 Å². The normalized spacial score (nSPS) is 26.8. The Kier molecular flexibility index (Phi) is 3.51. The molecule has 1 aromatic rings. The Labute approximate surface area is 99.7 Å². The Balaban J connectivity index is 2.09. The van der Waals surface area contributed by atoms with Gasteiger partial charge >= 0.3 is 0 Å². The number of aromatic amines is 1. The van der Waals surface area contributed by atoms with E-state index in [1.165, 1.54) is 12.5 Å². The van der Waals surface area contributed by atoms with Crippen molar-refractivity contribution in [3.8, 4) is 0 Å². The van der Waals surface area contributed by atoms with Gasteiger partial charge in [-0.1, -0.05) is 12.8 Å². The number of nitrogens with one attached hydrogen (secondary N) is 2. The first-order valence-electron chi connectivity index (χ1n) is 5.24. The van der Waals surface area contributed by atoms with Crippen molar-refractivity contribution in [2.75, 3.05) is 0 Å². The average Bonchev–Trinajstić information content (AvgIpc) is 2.75. The van der Waals surface area contributed by atoms with Gasteiger partial charge in [-0.15, -0.1) is 11.6 Å². The Morgan fingerprint density at radius 1 is 1.44 bits per heavy atom. The molecule has 90 valence electrons. The van der Waals surface area contributed by atoms with Gasteiger partial charge in [-0.3, -0.25) is 0 Å². The smallest absolute Gasteiger partial charge is 0.257 e. The largest absolute Gasteiger partial charge is 0.335 e. The molecule has 16 heavy (non-hydrogen) atoms. The van der Waals surface area contributed by atoms with Crippen LogP contribution in [0.1, 0.15) is 25.7 Å². The summed E-state index contributed by atoms with van der Waals surface area (Å²) in [6, 6.07) is -0.177. The summed E-state index contributed by atoms with van der Waals surface area (Å²) in [5.41, 5.74) is 0. The minimum absolute atomic E-state index is 0.0851. The number of nitrogens with zero attached hydrogens (tertiary/aromatic N) is 1. The van der Waals surface area contributed by atoms with E-state index in [-0.39, 0.29) is 16.4 Å². The van der Waals surface area contributed by atoms with Crippen LogP contribution in [0.3, 0.4) is 0 Å². The third kappa shape index (κ3) is 2.56. The zero-order chi connectivity index (χ0) is 11.6. The van der Waals surface area contributed by atoms with Crippen LogP contribution in [0.25, 0.3) is 0 Å². The van der Waals surface area contributed by atoms with Gasteiger partial charge in [-0.05, 0) is 12.8 Å². The van der Waals surface area contributed by atoms with Crippen molar-refractivity contribution in [3.63, 3.8) is 0 Å². The zero-order valence-corrected chi connectivity index (χ0v) is 10.3. The van der Waals surface area contributed by atoms with E-state index in [4.69, 9.17) is 11.6 Å². The summed E-state index contributed by atoms with van der Waals surface area (Å²) in [7, 11) is -3.50. The summed E-state index contributed by atoms with van der Waals surface area (Å²) in [6.45, 7) is 0. The number of aromatic nitrogens is 2. The topological polar surface area (TPSA) is 74.8 Å². The van der Waals surface area contributed by atoms with Gasteiger partial charge in [0.15, 0.2) is 5.03 Å². The van der Waals surface area contributed by atoms with Gasteiger partial charge in [-0.25, -0.2) is 18.1 Å². The maximum atomic E-state index is 11.9. The highest BCUT2D eigenvalue weighted by atomic mass is 35.5. The lowest BCUT2D eigenvalue weighted by molar-refractivity contribution is 0.418. The number of imidazole rings is 1. The predicted molar refractivity (Wildman–Crippen MR) is 60.8 cm³/mol. The van der Waals surface area contributed by atoms with Crippen molar-refractivity contribution >= 4 is 21.6 Å². The molecule has 1 aliphatic rings. The molecule has 0 amide bonds. The first-order valence-corrected chi connectivity index (χ1v) is 7.16. The second kappa shape index (κ2) is 4.73. The highest BCUT2D eigenvalue weighted by molar-refractivity contribution is 7.89. The van der Waals surface area contributed by atoms with Crippen molar-refractivity contribution in [1.82, 2.24) is 14.7 Å². The molecule has 1 fully saturated rings. The third-order valence-electron chi connectivity index (χ3n) is 2.75. The van der Waals surface area contributed by atoms with Gasteiger partial charge in [0.05, 0.1) is 12.5 Å². The van der Waals surface area contributed by atoms with Gasteiger partial charge < -0.3 is 4.98 Å². The fourth-order valence-electron chi connectivity index (χ4n) is 1.87. The van der Waals surface area contributed by atoms with E-state index < -0.39 is 10.0 Å². The van der Waals surface area contributed by atoms with E-state index in [0.29, 0.717) is 0 Å². The van der Waals surface area contributed by atoms with Crippen LogP contribution in [0.5, 0.6) is 0 Å². The molecule has 1 aliphatic carbocycles. The Hall–Kier alpha value is -0.590. The van der Waals surface area contributed by atoms with Gasteiger partial charge in [0.25, 0.3) is 10.0 Å². The van der Waals surface area contributed by atoms with Gasteiger partial charge in [0.2, 0.25) is 0 Å². The predicted octanol–water partition coefficient (Wildman–Crippen LogP) is 1.24. The molecule has 1 aromatic heterocycles. The lowest BCUT2D eigenvalue weighted by atomic mass is 9.96. The first-order chi connectivity index (χ1) is 7.59. The summed E-state index contributed by atoms with van der Waals surface area (Å²) >= 11 is 6.10. The third-order valence-corrected chi connectivity index (χ3v) is 4.69. The molecule has 1 heterocycles. The summed E-state index contributed by atoms with van der Waals surface area (Å²) in [5.74, 6) is 0. The summed E-state index contributed by atoms with van der Waals surface area (Å²) < 4.78 is 26.3. The molecule has 2 atom stereocenters. The van der Waals surface area contributed by atoms with Crippen LogP contribution >= 0.6 is 11.6 Å². The number of H-pyrrole nitrogens is 1. The van der Waals surface area contributed by atoms with E-state index in [9.17, 15) is 8.42 Å². The molecule has 0 aromatic carbocycles. The summed E-state index contributed by atoms with van der Waals surface area (Å²) in [6.07, 6.45) is 6.36. The molecule has 2 rings (SSSR count). The quantitative estimate of drug-likeness (QED) is 0.806. The fourth-order valence-corrected chi connectivity index (χ4v) is 3.50. The van der Waals surface area contributed by atoms with E-state index in [1.54, 1.807) is 0 Å². The number of halogens is 1. The SMILES string of the molecule is O=S(=O)(NC1CCCCC1Cl)c1cnc[nH]1. The molecule has 2 unspecified atom stereocenters. The lowest BCUT2D eigenvalue weighted by Crippen LogP contribution is -2.42. The van der Waals surface area contributed by atoms with Crippen LogP contribution in [0, 0.1) is 0 Å². The van der Waals surface area contributed by atoms with Crippen molar-refractivity contribution in [3.05, 3.63) is 12.5 Å². The first kappa shape index (κ1) is 11.9. The van der Waals surface area contributed by atoms with E-state index in [0.717, 1.165) is 25.7 Å². The maximum absolute atomic E-state index is 11.9. The van der Waals surface area contributed by atoms with Crippen LogP contribution in [-0.2, 0) is 10.0 Å². The van der Waals surface area contributed by atoms with Gasteiger partial charge in [-0.2, -0.15) is 0 Å². The second-order valence-corrected chi connectivity index (χ2v) is 6.19. The van der Waals surface area contributed by atoms with Crippen molar-refractivity contribution in [2.45, 2.75) is 42.1 Å². The molecule has 0 spiro atoms. The van der Waals surface area contributed by atoms with E-state index in [1.807, 2.05) is 0 Å². The number of sulfonamides is 1. The molecule has 0 bridgehead atoms. The fraction of sp³-hybridized carbons (Fsp3) is 0.667. The molecule has 7 heteroatoms. The maximum Gasteiger partial charge on any atom is 0.257 e. The number of alkyl halides is 1. The second-order valence-electron chi connectivity index (χ2n) is 3.94. The van der Waals surface area contributed by atoms with Gasteiger partial charge in [0.1, 0.15) is 0 Å². The van der Waals surface area contributed by atoms with E-state index in [2.05, 4.69) is 14.7 Å². The molecule has 5 nitrogen and oxygen atoms in total. The number of hydrogen-bond donors (Lipinski definition) is 2. The molecule has 0 radical (unpaired) electrons. The van der Waals surface area contributed by atoms with Crippen LogP contribution in [-0.4, -0.2) is 29.8 Å². The molecule has 0 saturated heterocycles. The molecular formula is C9H14ClN3O2S. The number of hydrogen-bond acceptors (Lipinski definition) is 3. The molecular weight excluding hydrogens is 250 g/mol. The highest BCUT2D eigenvalue weighted by Crippen LogP contribution is 2.24. The van der Waals surface area contributed by atoms with Crippen LogP contribution in [0.15, 0.2) is 17.6 Å². The van der Waals surface area contributed by atoms with Crippen molar-refractivity contribution < 1.29 is 8.42 Å². The molecule has 2 N–H and O–H groups in total.